The van der Waals surface area contributed by atoms with Crippen molar-refractivity contribution in [2.45, 2.75) is 38.9 Å². The Morgan fingerprint density at radius 3 is 2.33 bits per heavy atom. The van der Waals surface area contributed by atoms with Crippen molar-refractivity contribution in [1.29, 1.82) is 0 Å². The maximum atomic E-state index is 12.7. The number of amides is 1. The van der Waals surface area contributed by atoms with Crippen LogP contribution in [0, 0.1) is 0 Å². The van der Waals surface area contributed by atoms with Crippen LogP contribution in [0.3, 0.4) is 0 Å². The molecule has 0 aliphatic heterocycles. The van der Waals surface area contributed by atoms with Crippen molar-refractivity contribution in [3.63, 3.8) is 0 Å². The number of aryl methyl sites for hydroxylation is 1. The number of hydrogen-bond acceptors (Lipinski definition) is 2. The summed E-state index contributed by atoms with van der Waals surface area (Å²) in [7, 11) is 1.50. The van der Waals surface area contributed by atoms with E-state index in [0.29, 0.717) is 12.8 Å². The van der Waals surface area contributed by atoms with Gasteiger partial charge in [-0.05, 0) is 18.9 Å². The van der Waals surface area contributed by atoms with Crippen LogP contribution in [0.1, 0.15) is 37.0 Å². The molecule has 0 saturated carbocycles. The minimum atomic E-state index is -4.47. The van der Waals surface area contributed by atoms with Crippen molar-refractivity contribution in [1.82, 2.24) is 9.47 Å². The highest BCUT2D eigenvalue weighted by atomic mass is 19.4. The Kier molecular flexibility index (Phi) is 5.57. The lowest BCUT2D eigenvalue weighted by Gasteiger charge is -2.31. The molecule has 0 aromatic carbocycles. The molecule has 1 rings (SSSR count). The maximum absolute atomic E-state index is 12.7. The molecule has 0 radical (unpaired) electrons. The Labute approximate surface area is 121 Å². The topological polar surface area (TPSA) is 42.3 Å². The molecule has 118 valence electrons. The Morgan fingerprint density at radius 1 is 1.33 bits per heavy atom. The molecule has 0 aliphatic rings. The fourth-order valence-corrected chi connectivity index (χ4v) is 2.14. The van der Waals surface area contributed by atoms with Crippen LogP contribution in [0.15, 0.2) is 23.1 Å². The van der Waals surface area contributed by atoms with Gasteiger partial charge in [-0.15, -0.1) is 0 Å². The normalized spacial score (nSPS) is 11.8. The average Bonchev–Trinajstić information content (AvgIpc) is 2.40. The van der Waals surface area contributed by atoms with E-state index in [9.17, 15) is 22.8 Å². The van der Waals surface area contributed by atoms with Crippen molar-refractivity contribution < 1.29 is 18.0 Å². The second kappa shape index (κ2) is 6.78. The molecule has 21 heavy (non-hydrogen) atoms. The van der Waals surface area contributed by atoms with Crippen LogP contribution in [-0.2, 0) is 7.05 Å². The summed E-state index contributed by atoms with van der Waals surface area (Å²) in [5, 5.41) is 0. The van der Waals surface area contributed by atoms with Gasteiger partial charge in [0.05, 0.1) is 0 Å². The van der Waals surface area contributed by atoms with Crippen molar-refractivity contribution >= 4 is 5.91 Å². The first-order chi connectivity index (χ1) is 9.69. The largest absolute Gasteiger partial charge is 0.406 e. The van der Waals surface area contributed by atoms with Crippen LogP contribution in [0.2, 0.25) is 0 Å². The zero-order valence-corrected chi connectivity index (χ0v) is 12.3. The SMILES string of the molecule is CCC(CC)N(CC(F)(F)F)C(=O)c1ccn(C)c(=O)c1. The quantitative estimate of drug-likeness (QED) is 0.839. The van der Waals surface area contributed by atoms with E-state index in [4.69, 9.17) is 0 Å². The number of pyridine rings is 1. The van der Waals surface area contributed by atoms with Crippen LogP contribution in [0.5, 0.6) is 0 Å². The molecule has 1 aromatic heterocycles. The third-order valence-electron chi connectivity index (χ3n) is 3.35. The van der Waals surface area contributed by atoms with Gasteiger partial charge in [0.2, 0.25) is 0 Å². The molecule has 0 atom stereocenters. The molecule has 0 unspecified atom stereocenters. The van der Waals surface area contributed by atoms with E-state index in [1.165, 1.54) is 23.9 Å². The van der Waals surface area contributed by atoms with Gasteiger partial charge in [-0.2, -0.15) is 13.2 Å². The van der Waals surface area contributed by atoms with E-state index in [-0.39, 0.29) is 5.56 Å². The molecular formula is C14H19F3N2O2. The molecule has 0 bridgehead atoms. The van der Waals surface area contributed by atoms with E-state index in [1.54, 1.807) is 13.8 Å². The number of carbonyl (C=O) groups excluding carboxylic acids is 1. The standard InChI is InChI=1S/C14H19F3N2O2/c1-4-11(5-2)19(9-14(15,16)17)13(21)10-6-7-18(3)12(20)8-10/h6-8,11H,4-5,9H2,1-3H3. The number of alkyl halides is 3. The molecule has 0 saturated heterocycles. The first kappa shape index (κ1) is 17.3. The lowest BCUT2D eigenvalue weighted by Crippen LogP contribution is -2.45. The van der Waals surface area contributed by atoms with Gasteiger partial charge in [0.15, 0.2) is 0 Å². The lowest BCUT2D eigenvalue weighted by atomic mass is 10.1. The first-order valence-corrected chi connectivity index (χ1v) is 6.74. The Balaban J connectivity index is 3.14. The number of hydrogen-bond donors (Lipinski definition) is 0. The van der Waals surface area contributed by atoms with Crippen LogP contribution < -0.4 is 5.56 Å². The highest BCUT2D eigenvalue weighted by Crippen LogP contribution is 2.22. The molecule has 7 heteroatoms. The molecule has 1 aromatic rings. The molecule has 0 spiro atoms. The van der Waals surface area contributed by atoms with Crippen molar-refractivity contribution in [3.8, 4) is 0 Å². The van der Waals surface area contributed by atoms with E-state index in [1.807, 2.05) is 0 Å². The van der Waals surface area contributed by atoms with E-state index in [0.717, 1.165) is 11.0 Å². The Hall–Kier alpha value is -1.79. The molecule has 1 amide bonds. The number of aromatic nitrogens is 1. The fourth-order valence-electron chi connectivity index (χ4n) is 2.14. The summed E-state index contributed by atoms with van der Waals surface area (Å²) in [6.07, 6.45) is -2.27. The predicted molar refractivity (Wildman–Crippen MR) is 73.1 cm³/mol. The van der Waals surface area contributed by atoms with E-state index >= 15 is 0 Å². The molecule has 0 N–H and O–H groups in total. The highest BCUT2D eigenvalue weighted by molar-refractivity contribution is 5.94. The second-order valence-corrected chi connectivity index (χ2v) is 4.88. The van der Waals surface area contributed by atoms with Crippen LogP contribution in [0.25, 0.3) is 0 Å². The highest BCUT2D eigenvalue weighted by Gasteiger charge is 2.36. The van der Waals surface area contributed by atoms with Gasteiger partial charge in [-0.1, -0.05) is 13.8 Å². The zero-order valence-electron chi connectivity index (χ0n) is 12.3. The smallest absolute Gasteiger partial charge is 0.327 e. The fraction of sp³-hybridized carbons (Fsp3) is 0.571. The van der Waals surface area contributed by atoms with Gasteiger partial charge in [-0.3, -0.25) is 9.59 Å². The summed E-state index contributed by atoms with van der Waals surface area (Å²) in [5.41, 5.74) is -0.452. The van der Waals surface area contributed by atoms with Crippen LogP contribution >= 0.6 is 0 Å². The maximum Gasteiger partial charge on any atom is 0.406 e. The van der Waals surface area contributed by atoms with Gasteiger partial charge in [-0.25, -0.2) is 0 Å². The average molecular weight is 304 g/mol. The van der Waals surface area contributed by atoms with Gasteiger partial charge < -0.3 is 9.47 Å². The molecular weight excluding hydrogens is 285 g/mol. The Morgan fingerprint density at radius 2 is 1.90 bits per heavy atom. The second-order valence-electron chi connectivity index (χ2n) is 4.88. The molecule has 0 aliphatic carbocycles. The molecule has 0 fully saturated rings. The van der Waals surface area contributed by atoms with E-state index in [2.05, 4.69) is 0 Å². The third-order valence-corrected chi connectivity index (χ3v) is 3.35. The Bertz CT molecular complexity index is 548. The van der Waals surface area contributed by atoms with Gasteiger partial charge in [0.1, 0.15) is 6.54 Å². The van der Waals surface area contributed by atoms with Crippen molar-refractivity contribution in [2.24, 2.45) is 7.05 Å². The van der Waals surface area contributed by atoms with Crippen molar-refractivity contribution in [3.05, 3.63) is 34.2 Å². The van der Waals surface area contributed by atoms with Gasteiger partial charge in [0.25, 0.3) is 11.5 Å². The van der Waals surface area contributed by atoms with Crippen molar-refractivity contribution in [2.75, 3.05) is 6.54 Å². The lowest BCUT2D eigenvalue weighted by molar-refractivity contribution is -0.144. The monoisotopic (exact) mass is 304 g/mol. The zero-order chi connectivity index (χ0) is 16.2. The number of carbonyl (C=O) groups is 1. The summed E-state index contributed by atoms with van der Waals surface area (Å²) in [6, 6.07) is 1.91. The van der Waals surface area contributed by atoms with Gasteiger partial charge in [0, 0.05) is 30.9 Å². The molecule has 1 heterocycles. The summed E-state index contributed by atoms with van der Waals surface area (Å²) in [6.45, 7) is 2.15. The summed E-state index contributed by atoms with van der Waals surface area (Å²) in [4.78, 5) is 24.7. The first-order valence-electron chi connectivity index (χ1n) is 6.74. The van der Waals surface area contributed by atoms with Gasteiger partial charge >= 0.3 is 6.18 Å². The van der Waals surface area contributed by atoms with Crippen LogP contribution in [-0.4, -0.2) is 34.1 Å². The number of halogens is 3. The molecule has 4 nitrogen and oxygen atoms in total. The van der Waals surface area contributed by atoms with E-state index < -0.39 is 30.2 Å². The number of nitrogens with zero attached hydrogens (tertiary/aromatic N) is 2. The minimum Gasteiger partial charge on any atom is -0.327 e. The summed E-state index contributed by atoms with van der Waals surface area (Å²) < 4.78 is 39.3. The predicted octanol–water partition coefficient (Wildman–Crippen LogP) is 2.58. The third kappa shape index (κ3) is 4.61. The minimum absolute atomic E-state index is 0.0192. The summed E-state index contributed by atoms with van der Waals surface area (Å²) in [5.74, 6) is -0.765. The number of rotatable bonds is 5. The van der Waals surface area contributed by atoms with Crippen LogP contribution in [0.4, 0.5) is 13.2 Å². The summed E-state index contributed by atoms with van der Waals surface area (Å²) >= 11 is 0.